The van der Waals surface area contributed by atoms with Gasteiger partial charge in [0.2, 0.25) is 6.79 Å². The summed E-state index contributed by atoms with van der Waals surface area (Å²) in [4.78, 5) is 0. The Morgan fingerprint density at radius 3 is 2.19 bits per heavy atom. The van der Waals surface area contributed by atoms with Crippen LogP contribution in [0.5, 0.6) is 11.5 Å². The molecule has 0 fully saturated rings. The van der Waals surface area contributed by atoms with Crippen LogP contribution in [0.2, 0.25) is 0 Å². The second-order valence-electron chi connectivity index (χ2n) is 9.11. The third kappa shape index (κ3) is 10.1. The highest BCUT2D eigenvalue weighted by Crippen LogP contribution is 2.32. The maximum atomic E-state index is 5.53. The second-order valence-corrected chi connectivity index (χ2v) is 9.11. The van der Waals surface area contributed by atoms with Crippen molar-refractivity contribution in [2.75, 3.05) is 6.79 Å². The molecule has 0 spiro atoms. The molecule has 170 valence electrons. The van der Waals surface area contributed by atoms with Gasteiger partial charge in [-0.1, -0.05) is 52.7 Å². The van der Waals surface area contributed by atoms with Crippen molar-refractivity contribution in [3.8, 4) is 11.5 Å². The summed E-state index contributed by atoms with van der Waals surface area (Å²) in [5.74, 6) is 1.68. The zero-order valence-electron chi connectivity index (χ0n) is 20.4. The highest BCUT2D eigenvalue weighted by atomic mass is 16.7. The van der Waals surface area contributed by atoms with Crippen molar-refractivity contribution < 1.29 is 9.47 Å². The molecule has 1 N–H and O–H groups in total. The molecule has 2 rings (SSSR count). The predicted octanol–water partition coefficient (Wildman–Crippen LogP) is 7.65. The Hall–Kier alpha value is -2.26. The van der Waals surface area contributed by atoms with Crippen molar-refractivity contribution in [3.05, 3.63) is 70.4 Å². The Morgan fingerprint density at radius 1 is 0.871 bits per heavy atom. The second kappa shape index (κ2) is 13.2. The van der Waals surface area contributed by atoms with Crippen LogP contribution in [0.25, 0.3) is 0 Å². The summed E-state index contributed by atoms with van der Waals surface area (Å²) in [5.41, 5.74) is 6.90. The highest BCUT2D eigenvalue weighted by molar-refractivity contribution is 5.44. The molecule has 0 bridgehead atoms. The summed E-state index contributed by atoms with van der Waals surface area (Å²) in [6.07, 6.45) is 14.9. The Balaban J connectivity index is 2.00. The Bertz CT molecular complexity index is 821. The molecule has 31 heavy (non-hydrogen) atoms. The molecule has 0 radical (unpaired) electrons. The quantitative estimate of drug-likeness (QED) is 0.350. The predicted molar refractivity (Wildman–Crippen MR) is 133 cm³/mol. The van der Waals surface area contributed by atoms with E-state index in [1.54, 1.807) is 0 Å². The van der Waals surface area contributed by atoms with Gasteiger partial charge in [0, 0.05) is 12.6 Å². The van der Waals surface area contributed by atoms with E-state index >= 15 is 0 Å². The molecule has 1 aromatic carbocycles. The van der Waals surface area contributed by atoms with E-state index in [0.29, 0.717) is 12.8 Å². The van der Waals surface area contributed by atoms with Crippen LogP contribution in [-0.2, 0) is 6.54 Å². The lowest BCUT2D eigenvalue weighted by atomic mass is 10.0. The summed E-state index contributed by atoms with van der Waals surface area (Å²) in [6, 6.07) is 6.51. The Kier molecular flexibility index (Phi) is 10.7. The molecule has 0 saturated carbocycles. The van der Waals surface area contributed by atoms with Crippen LogP contribution in [0, 0.1) is 0 Å². The first-order valence-electron chi connectivity index (χ1n) is 11.5. The molecule has 3 nitrogen and oxygen atoms in total. The largest absolute Gasteiger partial charge is 0.454 e. The first-order valence-corrected chi connectivity index (χ1v) is 11.5. The number of hydrogen-bond acceptors (Lipinski definition) is 3. The molecule has 0 saturated heterocycles. The highest BCUT2D eigenvalue weighted by Gasteiger charge is 2.13. The molecule has 1 aromatic rings. The minimum atomic E-state index is 0.315. The molecule has 1 aliphatic rings. The zero-order valence-corrected chi connectivity index (χ0v) is 20.4. The van der Waals surface area contributed by atoms with Crippen LogP contribution in [0.4, 0.5) is 0 Å². The van der Waals surface area contributed by atoms with Crippen molar-refractivity contribution in [2.45, 2.75) is 86.2 Å². The van der Waals surface area contributed by atoms with Gasteiger partial charge in [-0.05, 0) is 91.3 Å². The Morgan fingerprint density at radius 2 is 1.52 bits per heavy atom. The lowest BCUT2D eigenvalue weighted by Crippen LogP contribution is -2.26. The first-order chi connectivity index (χ1) is 14.8. The smallest absolute Gasteiger partial charge is 0.231 e. The Labute approximate surface area is 189 Å². The number of hydrogen-bond donors (Lipinski definition) is 1. The summed E-state index contributed by atoms with van der Waals surface area (Å²) < 4.78 is 11.0. The van der Waals surface area contributed by atoms with E-state index in [1.165, 1.54) is 27.9 Å². The zero-order chi connectivity index (χ0) is 22.6. The number of allylic oxidation sites excluding steroid dienone is 6. The van der Waals surface area contributed by atoms with Crippen LogP contribution in [-0.4, -0.2) is 12.8 Å². The third-order valence-corrected chi connectivity index (χ3v) is 5.39. The maximum Gasteiger partial charge on any atom is 0.231 e. The van der Waals surface area contributed by atoms with Gasteiger partial charge in [0.1, 0.15) is 0 Å². The number of ether oxygens (including phenoxy) is 2. The molecule has 1 heterocycles. The van der Waals surface area contributed by atoms with E-state index in [4.69, 9.17) is 9.47 Å². The van der Waals surface area contributed by atoms with Crippen molar-refractivity contribution in [1.82, 2.24) is 5.32 Å². The summed E-state index contributed by atoms with van der Waals surface area (Å²) >= 11 is 0. The first kappa shape index (κ1) is 25.0. The van der Waals surface area contributed by atoms with Crippen molar-refractivity contribution in [2.24, 2.45) is 0 Å². The van der Waals surface area contributed by atoms with Crippen LogP contribution in [0.3, 0.4) is 0 Å². The minimum absolute atomic E-state index is 0.315. The van der Waals surface area contributed by atoms with Gasteiger partial charge >= 0.3 is 0 Å². The maximum absolute atomic E-state index is 5.53. The van der Waals surface area contributed by atoms with E-state index in [2.05, 4.69) is 83.3 Å². The summed E-state index contributed by atoms with van der Waals surface area (Å²) in [6.45, 7) is 14.3. The minimum Gasteiger partial charge on any atom is -0.454 e. The lowest BCUT2D eigenvalue weighted by Gasteiger charge is -2.16. The van der Waals surface area contributed by atoms with Crippen LogP contribution in [0.15, 0.2) is 64.8 Å². The molecular weight excluding hydrogens is 382 g/mol. The van der Waals surface area contributed by atoms with Gasteiger partial charge in [0.15, 0.2) is 11.5 Å². The average molecular weight is 424 g/mol. The molecule has 1 atom stereocenters. The monoisotopic (exact) mass is 423 g/mol. The van der Waals surface area contributed by atoms with Crippen LogP contribution >= 0.6 is 0 Å². The SMILES string of the molecule is CC(C)=CCC/C(C)=C/CC(/C=C(\C)CCC=C(C)C)NCc1ccc2c(c1)OCO2. The van der Waals surface area contributed by atoms with Crippen molar-refractivity contribution in [3.63, 3.8) is 0 Å². The van der Waals surface area contributed by atoms with Gasteiger partial charge in [-0.15, -0.1) is 0 Å². The van der Waals surface area contributed by atoms with Gasteiger partial charge < -0.3 is 14.8 Å². The van der Waals surface area contributed by atoms with Gasteiger partial charge in [0.05, 0.1) is 0 Å². The van der Waals surface area contributed by atoms with E-state index in [1.807, 2.05) is 6.07 Å². The van der Waals surface area contributed by atoms with Gasteiger partial charge in [-0.3, -0.25) is 0 Å². The van der Waals surface area contributed by atoms with Crippen LogP contribution < -0.4 is 14.8 Å². The van der Waals surface area contributed by atoms with Gasteiger partial charge in [-0.2, -0.15) is 0 Å². The molecule has 1 aliphatic heterocycles. The van der Waals surface area contributed by atoms with E-state index < -0.39 is 0 Å². The molecule has 1 unspecified atom stereocenters. The molecular formula is C28H41NO2. The molecule has 0 amide bonds. The number of rotatable bonds is 12. The normalized spacial score (nSPS) is 14.4. The number of benzene rings is 1. The summed E-state index contributed by atoms with van der Waals surface area (Å²) in [7, 11) is 0. The summed E-state index contributed by atoms with van der Waals surface area (Å²) in [5, 5.41) is 3.74. The number of fused-ring (bicyclic) bond motifs is 1. The number of nitrogens with one attached hydrogen (secondary N) is 1. The fraction of sp³-hybridized carbons (Fsp3) is 0.500. The lowest BCUT2D eigenvalue weighted by molar-refractivity contribution is 0.174. The van der Waals surface area contributed by atoms with Crippen molar-refractivity contribution >= 4 is 0 Å². The standard InChI is InChI=1S/C28H41NO2/c1-21(2)9-7-11-23(5)13-15-26(17-24(6)12-8-10-22(3)4)29-19-25-14-16-27-28(18-25)31-20-30-27/h9-10,13-14,16-18,26,29H,7-8,11-12,15,19-20H2,1-6H3/b23-13+,24-17+. The fourth-order valence-corrected chi connectivity index (χ4v) is 3.54. The van der Waals surface area contributed by atoms with E-state index in [-0.39, 0.29) is 0 Å². The third-order valence-electron chi connectivity index (χ3n) is 5.39. The molecule has 0 aliphatic carbocycles. The van der Waals surface area contributed by atoms with Gasteiger partial charge in [-0.25, -0.2) is 0 Å². The molecule has 3 heteroatoms. The van der Waals surface area contributed by atoms with E-state index in [9.17, 15) is 0 Å². The molecule has 0 aromatic heterocycles. The topological polar surface area (TPSA) is 30.5 Å². The van der Waals surface area contributed by atoms with E-state index in [0.717, 1.165) is 50.1 Å². The van der Waals surface area contributed by atoms with Crippen molar-refractivity contribution in [1.29, 1.82) is 0 Å². The fourth-order valence-electron chi connectivity index (χ4n) is 3.54. The average Bonchev–Trinajstić information content (AvgIpc) is 3.17. The van der Waals surface area contributed by atoms with Crippen LogP contribution in [0.1, 0.15) is 79.2 Å². The van der Waals surface area contributed by atoms with Gasteiger partial charge in [0.25, 0.3) is 0 Å².